The van der Waals surface area contributed by atoms with Crippen LogP contribution >= 0.6 is 0 Å². The van der Waals surface area contributed by atoms with Crippen molar-refractivity contribution < 1.29 is 14.6 Å². The Kier molecular flexibility index (Phi) is 5.76. The number of nitrogens with zero attached hydrogens (tertiary/aromatic N) is 2. The summed E-state index contributed by atoms with van der Waals surface area (Å²) in [4.78, 5) is 20.2. The Labute approximate surface area is 132 Å². The summed E-state index contributed by atoms with van der Waals surface area (Å²) in [7, 11) is 0. The molecule has 7 heteroatoms. The molecule has 2 aromatic carbocycles. The van der Waals surface area contributed by atoms with Crippen molar-refractivity contribution in [2.24, 2.45) is 0 Å². The van der Waals surface area contributed by atoms with Crippen molar-refractivity contribution in [1.82, 2.24) is 0 Å². The predicted octanol–water partition coefficient (Wildman–Crippen LogP) is 3.30. The summed E-state index contributed by atoms with van der Waals surface area (Å²) in [6.45, 7) is 1.04. The van der Waals surface area contributed by atoms with Gasteiger partial charge in [0, 0.05) is 24.3 Å². The molecule has 7 nitrogen and oxygen atoms in total. The fourth-order valence-corrected chi connectivity index (χ4v) is 2.05. The average molecular weight is 316 g/mol. The third kappa shape index (κ3) is 5.15. The van der Waals surface area contributed by atoms with Gasteiger partial charge in [-0.25, -0.2) is 0 Å². The molecule has 2 rings (SSSR count). The molecule has 0 saturated carbocycles. The lowest BCUT2D eigenvalue weighted by atomic mass is 10.1. The number of nitro benzene ring substituents is 2. The van der Waals surface area contributed by atoms with E-state index >= 15 is 0 Å². The quantitative estimate of drug-likeness (QED) is 0.423. The summed E-state index contributed by atoms with van der Waals surface area (Å²) in [5.74, 6) is 0. The standard InChI is InChI=1S/C16H16N2O5/c19-17(20)15-5-1-13(2-6-15)9-11-23-12-10-14-3-7-16(8-4-14)18(21)22/h1-8H,9-12H2. The van der Waals surface area contributed by atoms with Gasteiger partial charge in [-0.1, -0.05) is 24.3 Å². The highest BCUT2D eigenvalue weighted by molar-refractivity contribution is 5.33. The highest BCUT2D eigenvalue weighted by atomic mass is 16.6. The molecule has 0 atom stereocenters. The summed E-state index contributed by atoms with van der Waals surface area (Å²) in [5.41, 5.74) is 2.11. The van der Waals surface area contributed by atoms with E-state index in [4.69, 9.17) is 4.74 Å². The smallest absolute Gasteiger partial charge is 0.269 e. The van der Waals surface area contributed by atoms with E-state index in [1.165, 1.54) is 24.3 Å². The maximum absolute atomic E-state index is 10.5. The van der Waals surface area contributed by atoms with Gasteiger partial charge in [0.05, 0.1) is 23.1 Å². The van der Waals surface area contributed by atoms with Crippen LogP contribution in [0.4, 0.5) is 11.4 Å². The van der Waals surface area contributed by atoms with Gasteiger partial charge in [0.15, 0.2) is 0 Å². The number of hydrogen-bond donors (Lipinski definition) is 0. The molecule has 120 valence electrons. The topological polar surface area (TPSA) is 95.5 Å². The molecule has 23 heavy (non-hydrogen) atoms. The number of ether oxygens (including phenoxy) is 1. The number of rotatable bonds is 8. The molecule has 0 aliphatic heterocycles. The molecule has 0 amide bonds. The Morgan fingerprint density at radius 3 is 1.35 bits per heavy atom. The van der Waals surface area contributed by atoms with Crippen molar-refractivity contribution >= 4 is 11.4 Å². The summed E-state index contributed by atoms with van der Waals surface area (Å²) < 4.78 is 5.53. The minimum Gasteiger partial charge on any atom is -0.381 e. The SMILES string of the molecule is O=[N+]([O-])c1ccc(CCOCCc2ccc([N+](=O)[O-])cc2)cc1. The van der Waals surface area contributed by atoms with Crippen LogP contribution in [0.2, 0.25) is 0 Å². The van der Waals surface area contributed by atoms with Crippen molar-refractivity contribution in [3.63, 3.8) is 0 Å². The van der Waals surface area contributed by atoms with Crippen LogP contribution in [0, 0.1) is 20.2 Å². The second-order valence-corrected chi connectivity index (χ2v) is 4.96. The van der Waals surface area contributed by atoms with Crippen LogP contribution in [0.5, 0.6) is 0 Å². The van der Waals surface area contributed by atoms with Crippen molar-refractivity contribution in [3.8, 4) is 0 Å². The van der Waals surface area contributed by atoms with Crippen LogP contribution in [-0.4, -0.2) is 23.1 Å². The van der Waals surface area contributed by atoms with Gasteiger partial charge in [-0.2, -0.15) is 0 Å². The monoisotopic (exact) mass is 316 g/mol. The highest BCUT2D eigenvalue weighted by Gasteiger charge is 2.05. The molecule has 0 radical (unpaired) electrons. The van der Waals surface area contributed by atoms with Crippen LogP contribution in [0.1, 0.15) is 11.1 Å². The van der Waals surface area contributed by atoms with Crippen LogP contribution in [-0.2, 0) is 17.6 Å². The molecule has 0 saturated heterocycles. The summed E-state index contributed by atoms with van der Waals surface area (Å²) in [6.07, 6.45) is 1.36. The summed E-state index contributed by atoms with van der Waals surface area (Å²) in [5, 5.41) is 21.1. The number of benzene rings is 2. The third-order valence-electron chi connectivity index (χ3n) is 3.36. The van der Waals surface area contributed by atoms with E-state index in [1.807, 2.05) is 0 Å². The van der Waals surface area contributed by atoms with Crippen molar-refractivity contribution in [2.45, 2.75) is 12.8 Å². The first kappa shape index (κ1) is 16.6. The van der Waals surface area contributed by atoms with Gasteiger partial charge in [0.2, 0.25) is 0 Å². The van der Waals surface area contributed by atoms with Gasteiger partial charge in [-0.3, -0.25) is 20.2 Å². The van der Waals surface area contributed by atoms with Gasteiger partial charge in [0.25, 0.3) is 11.4 Å². The molecule has 2 aromatic rings. The Morgan fingerprint density at radius 2 is 1.04 bits per heavy atom. The van der Waals surface area contributed by atoms with Crippen LogP contribution in [0.15, 0.2) is 48.5 Å². The molecular formula is C16H16N2O5. The summed E-state index contributed by atoms with van der Waals surface area (Å²) >= 11 is 0. The van der Waals surface area contributed by atoms with E-state index in [0.717, 1.165) is 11.1 Å². The lowest BCUT2D eigenvalue weighted by molar-refractivity contribution is -0.385. The maximum atomic E-state index is 10.5. The Bertz CT molecular complexity index is 608. The Balaban J connectivity index is 1.69. The molecule has 0 spiro atoms. The molecule has 0 heterocycles. The zero-order valence-corrected chi connectivity index (χ0v) is 12.4. The lowest BCUT2D eigenvalue weighted by Crippen LogP contribution is -2.03. The zero-order valence-electron chi connectivity index (χ0n) is 12.4. The first-order valence-electron chi connectivity index (χ1n) is 7.10. The van der Waals surface area contributed by atoms with E-state index in [9.17, 15) is 20.2 Å². The second kappa shape index (κ2) is 8.00. The van der Waals surface area contributed by atoms with Gasteiger partial charge >= 0.3 is 0 Å². The lowest BCUT2D eigenvalue weighted by Gasteiger charge is -2.05. The zero-order chi connectivity index (χ0) is 16.7. The van der Waals surface area contributed by atoms with Crippen molar-refractivity contribution in [2.75, 3.05) is 13.2 Å². The van der Waals surface area contributed by atoms with Crippen LogP contribution in [0.3, 0.4) is 0 Å². The highest BCUT2D eigenvalue weighted by Crippen LogP contribution is 2.13. The van der Waals surface area contributed by atoms with Crippen molar-refractivity contribution in [1.29, 1.82) is 0 Å². The number of non-ortho nitro benzene ring substituents is 2. The summed E-state index contributed by atoms with van der Waals surface area (Å²) in [6, 6.07) is 12.8. The van der Waals surface area contributed by atoms with E-state index in [0.29, 0.717) is 26.1 Å². The molecule has 0 N–H and O–H groups in total. The fourth-order valence-electron chi connectivity index (χ4n) is 2.05. The average Bonchev–Trinajstić information content (AvgIpc) is 2.55. The minimum absolute atomic E-state index is 0.0767. The normalized spacial score (nSPS) is 10.4. The first-order chi connectivity index (χ1) is 11.1. The second-order valence-electron chi connectivity index (χ2n) is 4.96. The fraction of sp³-hybridized carbons (Fsp3) is 0.250. The number of hydrogen-bond acceptors (Lipinski definition) is 5. The third-order valence-corrected chi connectivity index (χ3v) is 3.36. The van der Waals surface area contributed by atoms with E-state index in [2.05, 4.69) is 0 Å². The van der Waals surface area contributed by atoms with Crippen LogP contribution in [0.25, 0.3) is 0 Å². The first-order valence-corrected chi connectivity index (χ1v) is 7.10. The molecule has 0 aliphatic rings. The van der Waals surface area contributed by atoms with Crippen LogP contribution < -0.4 is 0 Å². The molecular weight excluding hydrogens is 300 g/mol. The van der Waals surface area contributed by atoms with Gasteiger partial charge in [-0.05, 0) is 24.0 Å². The largest absolute Gasteiger partial charge is 0.381 e. The number of nitro groups is 2. The molecule has 0 bridgehead atoms. The van der Waals surface area contributed by atoms with Crippen molar-refractivity contribution in [3.05, 3.63) is 79.9 Å². The van der Waals surface area contributed by atoms with E-state index in [1.54, 1.807) is 24.3 Å². The predicted molar refractivity (Wildman–Crippen MR) is 84.4 cm³/mol. The molecule has 0 fully saturated rings. The maximum Gasteiger partial charge on any atom is 0.269 e. The van der Waals surface area contributed by atoms with E-state index < -0.39 is 9.85 Å². The Hall–Kier alpha value is -2.80. The van der Waals surface area contributed by atoms with Gasteiger partial charge in [-0.15, -0.1) is 0 Å². The van der Waals surface area contributed by atoms with Gasteiger partial charge in [0.1, 0.15) is 0 Å². The molecule has 0 aromatic heterocycles. The Morgan fingerprint density at radius 1 is 0.696 bits per heavy atom. The minimum atomic E-state index is -0.426. The van der Waals surface area contributed by atoms with Gasteiger partial charge < -0.3 is 4.74 Å². The van der Waals surface area contributed by atoms with E-state index in [-0.39, 0.29) is 11.4 Å². The molecule has 0 aliphatic carbocycles. The molecule has 0 unspecified atom stereocenters.